The lowest BCUT2D eigenvalue weighted by molar-refractivity contribution is 0.572. The number of nitrogens with zero attached hydrogens (tertiary/aromatic N) is 3. The standard InChI is InChI=1S/C16H29N5S.HI/c1-14-18-9-11-21(14)10-5-4-8-19-15(17-3)20-13-16(2)7-6-12-22-16;/h9,11H,4-8,10,12-13H2,1-3H3,(H2,17,19,20);1H. The highest BCUT2D eigenvalue weighted by atomic mass is 127. The molecular formula is C16H30IN5S. The van der Waals surface area contributed by atoms with E-state index in [1.54, 1.807) is 0 Å². The molecule has 1 fully saturated rings. The van der Waals surface area contributed by atoms with Crippen molar-refractivity contribution in [1.82, 2.24) is 20.2 Å². The lowest BCUT2D eigenvalue weighted by atomic mass is 10.1. The zero-order valence-electron chi connectivity index (χ0n) is 14.5. The zero-order valence-corrected chi connectivity index (χ0v) is 17.6. The summed E-state index contributed by atoms with van der Waals surface area (Å²) in [6.45, 7) is 7.38. The predicted octanol–water partition coefficient (Wildman–Crippen LogP) is 3.04. The van der Waals surface area contributed by atoms with Gasteiger partial charge in [0.1, 0.15) is 5.82 Å². The van der Waals surface area contributed by atoms with E-state index in [1.165, 1.54) is 18.6 Å². The van der Waals surface area contributed by atoms with Gasteiger partial charge in [-0.1, -0.05) is 0 Å². The fourth-order valence-electron chi connectivity index (χ4n) is 2.72. The van der Waals surface area contributed by atoms with Crippen LogP contribution in [0.1, 0.15) is 38.4 Å². The number of thioether (sulfide) groups is 1. The van der Waals surface area contributed by atoms with Crippen LogP contribution >= 0.6 is 35.7 Å². The van der Waals surface area contributed by atoms with Crippen molar-refractivity contribution in [3.05, 3.63) is 18.2 Å². The van der Waals surface area contributed by atoms with Gasteiger partial charge in [0.2, 0.25) is 0 Å². The monoisotopic (exact) mass is 451 g/mol. The van der Waals surface area contributed by atoms with E-state index in [2.05, 4.69) is 43.9 Å². The summed E-state index contributed by atoms with van der Waals surface area (Å²) in [5.41, 5.74) is 0. The molecule has 1 unspecified atom stereocenters. The van der Waals surface area contributed by atoms with E-state index in [-0.39, 0.29) is 24.0 Å². The van der Waals surface area contributed by atoms with E-state index in [4.69, 9.17) is 0 Å². The van der Waals surface area contributed by atoms with E-state index >= 15 is 0 Å². The number of rotatable bonds is 7. The third kappa shape index (κ3) is 6.91. The molecule has 132 valence electrons. The topological polar surface area (TPSA) is 54.2 Å². The average Bonchev–Trinajstić information content (AvgIpc) is 3.11. The molecule has 0 radical (unpaired) electrons. The van der Waals surface area contributed by atoms with E-state index in [0.29, 0.717) is 4.75 Å². The first-order chi connectivity index (χ1) is 10.6. The predicted molar refractivity (Wildman–Crippen MR) is 111 cm³/mol. The van der Waals surface area contributed by atoms with Crippen LogP contribution in [0.5, 0.6) is 0 Å². The first-order valence-corrected chi connectivity index (χ1v) is 9.18. The van der Waals surface area contributed by atoms with Gasteiger partial charge in [-0.15, -0.1) is 24.0 Å². The van der Waals surface area contributed by atoms with Gasteiger partial charge < -0.3 is 15.2 Å². The molecular weight excluding hydrogens is 421 g/mol. The van der Waals surface area contributed by atoms with Gasteiger partial charge >= 0.3 is 0 Å². The minimum atomic E-state index is 0. The highest BCUT2D eigenvalue weighted by molar-refractivity contribution is 14.0. The van der Waals surface area contributed by atoms with Crippen LogP contribution in [-0.2, 0) is 6.54 Å². The maximum Gasteiger partial charge on any atom is 0.191 e. The minimum Gasteiger partial charge on any atom is -0.356 e. The molecule has 0 amide bonds. The number of imidazole rings is 1. The van der Waals surface area contributed by atoms with Crippen LogP contribution < -0.4 is 10.6 Å². The molecule has 23 heavy (non-hydrogen) atoms. The van der Waals surface area contributed by atoms with Crippen LogP contribution in [-0.4, -0.2) is 46.1 Å². The maximum absolute atomic E-state index is 4.31. The van der Waals surface area contributed by atoms with E-state index in [9.17, 15) is 0 Å². The van der Waals surface area contributed by atoms with Crippen LogP contribution in [0.25, 0.3) is 0 Å². The summed E-state index contributed by atoms with van der Waals surface area (Å²) in [6, 6.07) is 0. The van der Waals surface area contributed by atoms with Crippen molar-refractivity contribution in [1.29, 1.82) is 0 Å². The van der Waals surface area contributed by atoms with Gasteiger partial charge in [-0.3, -0.25) is 4.99 Å². The van der Waals surface area contributed by atoms with Crippen LogP contribution in [0, 0.1) is 6.92 Å². The summed E-state index contributed by atoms with van der Waals surface area (Å²) in [4.78, 5) is 8.55. The summed E-state index contributed by atoms with van der Waals surface area (Å²) >= 11 is 2.07. The Labute approximate surface area is 161 Å². The first kappa shape index (κ1) is 20.6. The Kier molecular flexibility index (Phi) is 9.34. The Hall–Kier alpha value is -0.440. The molecule has 2 N–H and O–H groups in total. The molecule has 1 aliphatic rings. The van der Waals surface area contributed by atoms with Crippen LogP contribution in [0.4, 0.5) is 0 Å². The molecule has 2 rings (SSSR count). The highest BCUT2D eigenvalue weighted by Gasteiger charge is 2.29. The summed E-state index contributed by atoms with van der Waals surface area (Å²) < 4.78 is 2.57. The average molecular weight is 451 g/mol. The number of aryl methyl sites for hydroxylation is 2. The first-order valence-electron chi connectivity index (χ1n) is 8.19. The van der Waals surface area contributed by atoms with Gasteiger partial charge in [-0.25, -0.2) is 4.98 Å². The number of nitrogens with one attached hydrogen (secondary N) is 2. The Bertz CT molecular complexity index is 483. The molecule has 0 aromatic carbocycles. The lowest BCUT2D eigenvalue weighted by Gasteiger charge is -2.24. The van der Waals surface area contributed by atoms with E-state index in [0.717, 1.165) is 44.3 Å². The van der Waals surface area contributed by atoms with Crippen molar-refractivity contribution in [3.63, 3.8) is 0 Å². The van der Waals surface area contributed by atoms with Gasteiger partial charge in [-0.2, -0.15) is 11.8 Å². The van der Waals surface area contributed by atoms with Crippen LogP contribution in [0.3, 0.4) is 0 Å². The molecule has 0 spiro atoms. The number of guanidine groups is 1. The third-order valence-electron chi connectivity index (χ3n) is 4.20. The molecule has 1 atom stereocenters. The number of hydrogen-bond acceptors (Lipinski definition) is 3. The smallest absolute Gasteiger partial charge is 0.191 e. The highest BCUT2D eigenvalue weighted by Crippen LogP contribution is 2.36. The number of aliphatic imine (C=N–C) groups is 1. The Morgan fingerprint density at radius 3 is 2.87 bits per heavy atom. The molecule has 2 heterocycles. The quantitative estimate of drug-likeness (QED) is 0.290. The molecule has 0 bridgehead atoms. The largest absolute Gasteiger partial charge is 0.356 e. The van der Waals surface area contributed by atoms with E-state index < -0.39 is 0 Å². The summed E-state index contributed by atoms with van der Waals surface area (Å²) in [7, 11) is 1.84. The normalized spacial score (nSPS) is 21.1. The number of hydrogen-bond donors (Lipinski definition) is 2. The zero-order chi connectivity index (χ0) is 15.8. The van der Waals surface area contributed by atoms with Crippen LogP contribution in [0.2, 0.25) is 0 Å². The second-order valence-corrected chi connectivity index (χ2v) is 7.81. The van der Waals surface area contributed by atoms with Crippen molar-refractivity contribution in [2.75, 3.05) is 25.9 Å². The van der Waals surface area contributed by atoms with E-state index in [1.807, 2.05) is 26.4 Å². The molecule has 1 aromatic heterocycles. The van der Waals surface area contributed by atoms with Crippen molar-refractivity contribution in [2.45, 2.75) is 50.8 Å². The minimum absolute atomic E-state index is 0. The number of aromatic nitrogens is 2. The second kappa shape index (κ2) is 10.4. The summed E-state index contributed by atoms with van der Waals surface area (Å²) in [5.74, 6) is 3.30. The SMILES string of the molecule is CN=C(NCCCCn1ccnc1C)NCC1(C)CCCS1.I. The number of halogens is 1. The third-order valence-corrected chi connectivity index (χ3v) is 5.73. The Morgan fingerprint density at radius 1 is 1.43 bits per heavy atom. The molecule has 1 aliphatic heterocycles. The van der Waals surface area contributed by atoms with Gasteiger partial charge in [0.05, 0.1) is 0 Å². The summed E-state index contributed by atoms with van der Waals surface area (Å²) in [6.07, 6.45) is 8.82. The summed E-state index contributed by atoms with van der Waals surface area (Å²) in [5, 5.41) is 6.88. The molecule has 7 heteroatoms. The molecule has 5 nitrogen and oxygen atoms in total. The van der Waals surface area contributed by atoms with Crippen molar-refractivity contribution >= 4 is 41.7 Å². The van der Waals surface area contributed by atoms with Gasteiger partial charge in [-0.05, 0) is 45.3 Å². The molecule has 1 aromatic rings. The van der Waals surface area contributed by atoms with Gasteiger partial charge in [0.15, 0.2) is 5.96 Å². The van der Waals surface area contributed by atoms with Crippen molar-refractivity contribution in [3.8, 4) is 0 Å². The Morgan fingerprint density at radius 2 is 2.26 bits per heavy atom. The fourth-order valence-corrected chi connectivity index (χ4v) is 3.97. The van der Waals surface area contributed by atoms with Crippen LogP contribution in [0.15, 0.2) is 17.4 Å². The van der Waals surface area contributed by atoms with Gasteiger partial charge in [0.25, 0.3) is 0 Å². The fraction of sp³-hybridized carbons (Fsp3) is 0.750. The molecule has 0 saturated carbocycles. The Balaban J connectivity index is 0.00000264. The van der Waals surface area contributed by atoms with Crippen molar-refractivity contribution < 1.29 is 0 Å². The molecule has 0 aliphatic carbocycles. The second-order valence-electron chi connectivity index (χ2n) is 6.13. The van der Waals surface area contributed by atoms with Gasteiger partial charge in [0, 0.05) is 43.8 Å². The number of unbranched alkanes of at least 4 members (excludes halogenated alkanes) is 1. The van der Waals surface area contributed by atoms with Crippen molar-refractivity contribution in [2.24, 2.45) is 4.99 Å². The maximum atomic E-state index is 4.31. The lowest BCUT2D eigenvalue weighted by Crippen LogP contribution is -2.43. The molecule has 1 saturated heterocycles.